The minimum atomic E-state index is -0.771. The molecule has 0 radical (unpaired) electrons. The van der Waals surface area contributed by atoms with E-state index in [0.717, 1.165) is 0 Å². The van der Waals surface area contributed by atoms with Gasteiger partial charge in [-0.3, -0.25) is 4.79 Å². The summed E-state index contributed by atoms with van der Waals surface area (Å²) in [5.74, 6) is -1.06. The minimum Gasteiger partial charge on any atom is -0.481 e. The van der Waals surface area contributed by atoms with Gasteiger partial charge in [0.05, 0.1) is 18.1 Å². The van der Waals surface area contributed by atoms with Crippen LogP contribution in [0.25, 0.3) is 0 Å². The lowest BCUT2D eigenvalue weighted by molar-refractivity contribution is -0.147. The molecule has 2 N–H and O–H groups in total. The van der Waals surface area contributed by atoms with Gasteiger partial charge in [-0.05, 0) is 39.5 Å². The van der Waals surface area contributed by atoms with Gasteiger partial charge in [0.25, 0.3) is 0 Å². The second-order valence-corrected chi connectivity index (χ2v) is 6.46. The predicted octanol–water partition coefficient (Wildman–Crippen LogP) is 1.39. The summed E-state index contributed by atoms with van der Waals surface area (Å²) < 4.78 is 10.8. The van der Waals surface area contributed by atoms with Crippen LogP contribution in [0.3, 0.4) is 0 Å². The third-order valence-corrected chi connectivity index (χ3v) is 3.67. The number of aliphatic carboxylic acids is 1. The summed E-state index contributed by atoms with van der Waals surface area (Å²) in [5, 5.41) is 11.8. The lowest BCUT2D eigenvalue weighted by Crippen LogP contribution is -2.44. The zero-order valence-corrected chi connectivity index (χ0v) is 11.6. The molecule has 2 bridgehead atoms. The molecule has 3 atom stereocenters. The molecule has 1 saturated heterocycles. The third-order valence-electron chi connectivity index (χ3n) is 3.67. The van der Waals surface area contributed by atoms with Crippen LogP contribution >= 0.6 is 0 Å². The zero-order chi connectivity index (χ0) is 14.3. The molecule has 1 aliphatic carbocycles. The molecule has 0 aromatic heterocycles. The fourth-order valence-electron chi connectivity index (χ4n) is 2.88. The number of nitrogens with one attached hydrogen (secondary N) is 1. The Morgan fingerprint density at radius 1 is 1.42 bits per heavy atom. The number of amides is 1. The maximum Gasteiger partial charge on any atom is 0.407 e. The number of hydrogen-bond donors (Lipinski definition) is 2. The second-order valence-electron chi connectivity index (χ2n) is 6.46. The molecule has 0 aromatic carbocycles. The summed E-state index contributed by atoms with van der Waals surface area (Å²) >= 11 is 0. The first kappa shape index (κ1) is 14.1. The molecule has 19 heavy (non-hydrogen) atoms. The molecule has 6 heteroatoms. The monoisotopic (exact) mass is 271 g/mol. The largest absolute Gasteiger partial charge is 0.481 e. The van der Waals surface area contributed by atoms with E-state index in [1.165, 1.54) is 0 Å². The quantitative estimate of drug-likeness (QED) is 0.810. The highest BCUT2D eigenvalue weighted by atomic mass is 16.6. The van der Waals surface area contributed by atoms with Crippen LogP contribution in [-0.2, 0) is 14.3 Å². The number of carbonyl (C=O) groups is 2. The normalized spacial score (nSPS) is 33.2. The number of ether oxygens (including phenoxy) is 2. The third kappa shape index (κ3) is 3.18. The Labute approximate surface area is 112 Å². The van der Waals surface area contributed by atoms with E-state index in [4.69, 9.17) is 14.6 Å². The highest BCUT2D eigenvalue weighted by molar-refractivity contribution is 5.71. The van der Waals surface area contributed by atoms with E-state index in [1.54, 1.807) is 20.8 Å². The van der Waals surface area contributed by atoms with Gasteiger partial charge in [-0.15, -0.1) is 0 Å². The molecule has 2 fully saturated rings. The van der Waals surface area contributed by atoms with Crippen molar-refractivity contribution in [3.63, 3.8) is 0 Å². The lowest BCUT2D eigenvalue weighted by atomic mass is 9.96. The van der Waals surface area contributed by atoms with Crippen LogP contribution in [-0.4, -0.2) is 41.5 Å². The topological polar surface area (TPSA) is 84.9 Å². The van der Waals surface area contributed by atoms with Gasteiger partial charge < -0.3 is 19.9 Å². The van der Waals surface area contributed by atoms with Gasteiger partial charge in [-0.2, -0.15) is 0 Å². The Balaban J connectivity index is 1.87. The second kappa shape index (κ2) is 4.67. The summed E-state index contributed by atoms with van der Waals surface area (Å²) in [4.78, 5) is 22.7. The van der Waals surface area contributed by atoms with Crippen LogP contribution < -0.4 is 5.32 Å². The zero-order valence-electron chi connectivity index (χ0n) is 11.6. The van der Waals surface area contributed by atoms with Crippen LogP contribution in [0.2, 0.25) is 0 Å². The fourth-order valence-corrected chi connectivity index (χ4v) is 2.88. The molecular formula is C13H21NO5. The maximum atomic E-state index is 11.6. The van der Waals surface area contributed by atoms with Gasteiger partial charge in [0.2, 0.25) is 0 Å². The molecule has 2 aliphatic rings. The van der Waals surface area contributed by atoms with Crippen molar-refractivity contribution in [2.75, 3.05) is 13.2 Å². The summed E-state index contributed by atoms with van der Waals surface area (Å²) in [6.45, 7) is 6.16. The predicted molar refractivity (Wildman–Crippen MR) is 66.8 cm³/mol. The van der Waals surface area contributed by atoms with Crippen molar-refractivity contribution in [2.45, 2.75) is 44.8 Å². The van der Waals surface area contributed by atoms with Gasteiger partial charge >= 0.3 is 12.1 Å². The molecule has 0 unspecified atom stereocenters. The molecule has 0 aromatic rings. The molecule has 1 heterocycles. The van der Waals surface area contributed by atoms with E-state index in [2.05, 4.69) is 5.32 Å². The molecule has 1 aliphatic heterocycles. The number of alkyl carbamates (subject to hydrolysis) is 1. The number of carboxylic acid groups (broad SMARTS) is 1. The number of fused-ring (bicyclic) bond motifs is 2. The molecule has 1 amide bonds. The highest BCUT2D eigenvalue weighted by Crippen LogP contribution is 2.47. The minimum absolute atomic E-state index is 0.0675. The Kier molecular flexibility index (Phi) is 3.47. The number of carbonyl (C=O) groups excluding carboxylic acids is 1. The van der Waals surface area contributed by atoms with E-state index in [0.29, 0.717) is 26.0 Å². The molecule has 108 valence electrons. The Morgan fingerprint density at radius 2 is 2.11 bits per heavy atom. The summed E-state index contributed by atoms with van der Waals surface area (Å²) in [5.41, 5.74) is -1.06. The van der Waals surface area contributed by atoms with E-state index in [1.807, 2.05) is 0 Å². The van der Waals surface area contributed by atoms with Crippen molar-refractivity contribution >= 4 is 12.1 Å². The standard InChI is InChI=1S/C13H21NO5/c1-12(2,3)19-11(17)14-7-13-4-8(6-18-13)9(5-13)10(15)16/h8-9H,4-7H2,1-3H3,(H,14,17)(H,15,16)/t8-,9+,13+/m1/s1. The lowest BCUT2D eigenvalue weighted by Gasteiger charge is -2.29. The van der Waals surface area contributed by atoms with Crippen LogP contribution in [0, 0.1) is 11.8 Å². The average molecular weight is 271 g/mol. The fraction of sp³-hybridized carbons (Fsp3) is 0.846. The van der Waals surface area contributed by atoms with Gasteiger partial charge in [0, 0.05) is 6.54 Å². The van der Waals surface area contributed by atoms with Gasteiger partial charge in [0.1, 0.15) is 5.60 Å². The Bertz CT molecular complexity index is 389. The van der Waals surface area contributed by atoms with Crippen LogP contribution in [0.4, 0.5) is 4.79 Å². The first-order valence-corrected chi connectivity index (χ1v) is 6.54. The van der Waals surface area contributed by atoms with Crippen LogP contribution in [0.15, 0.2) is 0 Å². The summed E-state index contributed by atoms with van der Waals surface area (Å²) in [6.07, 6.45) is 0.662. The molecular weight excluding hydrogens is 250 g/mol. The Hall–Kier alpha value is -1.30. The SMILES string of the molecule is CC(C)(C)OC(=O)NC[C@@]12C[C@H](CO1)[C@@H](C(=O)O)C2. The molecule has 1 saturated carbocycles. The molecule has 2 rings (SSSR count). The van der Waals surface area contributed by atoms with Crippen molar-refractivity contribution in [1.29, 1.82) is 0 Å². The molecule has 0 spiro atoms. The van der Waals surface area contributed by atoms with Gasteiger partial charge in [-0.1, -0.05) is 0 Å². The summed E-state index contributed by atoms with van der Waals surface area (Å²) in [6, 6.07) is 0. The molecule has 6 nitrogen and oxygen atoms in total. The van der Waals surface area contributed by atoms with Crippen molar-refractivity contribution in [3.8, 4) is 0 Å². The van der Waals surface area contributed by atoms with E-state index in [-0.39, 0.29) is 11.8 Å². The van der Waals surface area contributed by atoms with Gasteiger partial charge in [-0.25, -0.2) is 4.79 Å². The highest BCUT2D eigenvalue weighted by Gasteiger charge is 2.54. The van der Waals surface area contributed by atoms with Crippen molar-refractivity contribution in [3.05, 3.63) is 0 Å². The first-order valence-electron chi connectivity index (χ1n) is 6.54. The van der Waals surface area contributed by atoms with Crippen LogP contribution in [0.1, 0.15) is 33.6 Å². The van der Waals surface area contributed by atoms with E-state index < -0.39 is 23.3 Å². The van der Waals surface area contributed by atoms with Crippen molar-refractivity contribution in [1.82, 2.24) is 5.32 Å². The van der Waals surface area contributed by atoms with Crippen LogP contribution in [0.5, 0.6) is 0 Å². The number of carboxylic acids is 1. The first-order chi connectivity index (χ1) is 8.71. The van der Waals surface area contributed by atoms with E-state index in [9.17, 15) is 9.59 Å². The summed E-state index contributed by atoms with van der Waals surface area (Å²) in [7, 11) is 0. The van der Waals surface area contributed by atoms with Crippen molar-refractivity contribution < 1.29 is 24.2 Å². The number of rotatable bonds is 3. The van der Waals surface area contributed by atoms with E-state index >= 15 is 0 Å². The smallest absolute Gasteiger partial charge is 0.407 e. The Morgan fingerprint density at radius 3 is 2.63 bits per heavy atom. The van der Waals surface area contributed by atoms with Crippen molar-refractivity contribution in [2.24, 2.45) is 11.8 Å². The number of hydrogen-bond acceptors (Lipinski definition) is 4. The van der Waals surface area contributed by atoms with Gasteiger partial charge in [0.15, 0.2) is 0 Å². The maximum absolute atomic E-state index is 11.6. The average Bonchev–Trinajstić information content (AvgIpc) is 2.82.